The largest absolute Gasteiger partial charge is 0.492 e. The van der Waals surface area contributed by atoms with Crippen LogP contribution < -0.4 is 47.9 Å². The summed E-state index contributed by atoms with van der Waals surface area (Å²) >= 11 is 0. The maximum atomic E-state index is 14.7. The van der Waals surface area contributed by atoms with Gasteiger partial charge >= 0.3 is 48.6 Å². The molecule has 0 radical (unpaired) electrons. The minimum atomic E-state index is -5.08. The van der Waals surface area contributed by atoms with Crippen LogP contribution in [-0.2, 0) is 50.5 Å². The number of amides is 5. The minimum absolute atomic E-state index is 0.000770. The van der Waals surface area contributed by atoms with Gasteiger partial charge in [-0.05, 0) is 86.3 Å². The normalized spacial score (nSPS) is 15.0. The summed E-state index contributed by atoms with van der Waals surface area (Å²) < 4.78 is 139. The number of carboxylic acids is 4. The SMILES string of the molecule is Cc1cc(-c2ncc(C(=O)N[C@@H](CCN)C(=O)N(C)[C@@H]3C(=O)N[C@@H](C)C(=O)N[C@H](C(=O)NCC#N)Cc4ccc(OCCN)c(c4)-c4cc3ccc4OCCN)c(C)n2)ccc1CSSC(C)(C)C.O=C(O)C(F)(F)F.O=C(O)C(F)(F)F.O=C(O)C(F)(F)F.O=C(O)C(F)(F)F. The van der Waals surface area contributed by atoms with E-state index >= 15 is 0 Å². The second-order valence-corrected chi connectivity index (χ2v) is 23.8. The number of nitriles is 1. The molecule has 4 atom stereocenters. The van der Waals surface area contributed by atoms with Crippen molar-refractivity contribution in [3.8, 4) is 40.1 Å². The Kier molecular flexibility index (Phi) is 34.1. The lowest BCUT2D eigenvalue weighted by atomic mass is 9.93. The number of nitrogens with zero attached hydrogens (tertiary/aromatic N) is 4. The number of aryl methyl sites for hydroxylation is 2. The molecule has 536 valence electrons. The number of fused-ring (bicyclic) bond motifs is 5. The van der Waals surface area contributed by atoms with Crippen molar-refractivity contribution in [3.05, 3.63) is 94.3 Å². The van der Waals surface area contributed by atoms with Gasteiger partial charge in [-0.3, -0.25) is 24.0 Å². The first-order valence-corrected chi connectivity index (χ1v) is 29.9. The molecule has 5 rings (SSSR count). The maximum absolute atomic E-state index is 14.7. The molecule has 1 aromatic heterocycles. The third-order valence-electron chi connectivity index (χ3n) is 11.9. The van der Waals surface area contributed by atoms with Crippen molar-refractivity contribution in [2.45, 2.75) is 114 Å². The summed E-state index contributed by atoms with van der Waals surface area (Å²) in [7, 11) is 5.05. The number of carbonyl (C=O) groups is 9. The van der Waals surface area contributed by atoms with E-state index in [0.29, 0.717) is 45.3 Å². The number of aromatic nitrogens is 2. The number of aliphatic carboxylic acids is 4. The Morgan fingerprint density at radius 3 is 1.67 bits per heavy atom. The van der Waals surface area contributed by atoms with Crippen LogP contribution in [-0.4, -0.2) is 183 Å². The standard InChI is InChI=1S/C49H63N11O7S2.4C2HF3O2/c1-28-22-33(9-10-34(28)27-68-69-49(4,5)6)43-55-26-37(29(2)56-43)45(62)58-38(14-15-50)48(65)60(7)42-32-11-13-41(67-21-18-53)36(25-32)35-23-31(8-12-40(35)66-20-17-52)24-39(46(63)54-19-16-51)59-44(61)30(3)57-47(42)64;4*3-2(4,5)1(6)7/h8-13,22-23,25-26,30,38-39,42H,14-15,17-21,24,27,50,52-53H2,1-7H3,(H,54,63)(H,57,64)(H,58,62)(H,59,61);4*(H,6,7)/t30-,38-,39-,42-;;;;/m0..../s1. The van der Waals surface area contributed by atoms with Gasteiger partial charge in [-0.1, -0.05) is 66.6 Å². The Morgan fingerprint density at radius 2 is 1.23 bits per heavy atom. The van der Waals surface area contributed by atoms with E-state index in [9.17, 15) is 81.9 Å². The van der Waals surface area contributed by atoms with Crippen LogP contribution in [0.2, 0.25) is 0 Å². The second kappa shape index (κ2) is 38.5. The number of carboxylic acid groups (broad SMARTS) is 4. The molecular formula is C57H67F12N11O15S2. The molecule has 2 heterocycles. The van der Waals surface area contributed by atoms with Crippen molar-refractivity contribution in [1.82, 2.24) is 36.1 Å². The molecule has 0 unspecified atom stereocenters. The van der Waals surface area contributed by atoms with Crippen LogP contribution in [0.1, 0.15) is 78.5 Å². The van der Waals surface area contributed by atoms with Crippen molar-refractivity contribution in [2.75, 3.05) is 46.4 Å². The predicted octanol–water partition coefficient (Wildman–Crippen LogP) is 6.15. The lowest BCUT2D eigenvalue weighted by molar-refractivity contribution is -0.193. The van der Waals surface area contributed by atoms with Gasteiger partial charge in [-0.15, -0.1) is 0 Å². The Balaban J connectivity index is 0.00000139. The molecule has 0 saturated heterocycles. The summed E-state index contributed by atoms with van der Waals surface area (Å²) in [6, 6.07) is 13.1. The van der Waals surface area contributed by atoms with E-state index in [1.807, 2.05) is 35.9 Å². The third kappa shape index (κ3) is 29.8. The van der Waals surface area contributed by atoms with Gasteiger partial charge in [0.15, 0.2) is 5.82 Å². The van der Waals surface area contributed by atoms with E-state index in [2.05, 4.69) is 58.1 Å². The maximum Gasteiger partial charge on any atom is 0.490 e. The molecule has 14 N–H and O–H groups in total. The molecule has 26 nitrogen and oxygen atoms in total. The van der Waals surface area contributed by atoms with Crippen LogP contribution in [0.25, 0.3) is 22.5 Å². The summed E-state index contributed by atoms with van der Waals surface area (Å²) in [6.07, 6.45) is -18.9. The highest BCUT2D eigenvalue weighted by Gasteiger charge is 2.41. The van der Waals surface area contributed by atoms with Crippen molar-refractivity contribution >= 4 is 75.0 Å². The van der Waals surface area contributed by atoms with Crippen LogP contribution in [0.4, 0.5) is 52.7 Å². The number of nitrogens with two attached hydrogens (primary N) is 3. The van der Waals surface area contributed by atoms with E-state index in [0.717, 1.165) is 16.9 Å². The molecule has 5 amide bonds. The number of rotatable bonds is 18. The van der Waals surface area contributed by atoms with Crippen LogP contribution in [0.15, 0.2) is 60.8 Å². The number of hydrogen-bond donors (Lipinski definition) is 11. The van der Waals surface area contributed by atoms with Gasteiger partial charge < -0.3 is 73.3 Å². The van der Waals surface area contributed by atoms with Gasteiger partial charge in [0.1, 0.15) is 55.4 Å². The number of nitrogens with one attached hydrogen (secondary N) is 4. The predicted molar refractivity (Wildman–Crippen MR) is 324 cm³/mol. The molecule has 40 heteroatoms. The molecule has 1 aliphatic heterocycles. The number of ether oxygens (including phenoxy) is 2. The smallest absolute Gasteiger partial charge is 0.490 e. The van der Waals surface area contributed by atoms with Crippen LogP contribution >= 0.6 is 21.6 Å². The fourth-order valence-electron chi connectivity index (χ4n) is 7.46. The summed E-state index contributed by atoms with van der Waals surface area (Å²) in [4.78, 5) is 116. The van der Waals surface area contributed by atoms with Gasteiger partial charge in [-0.25, -0.2) is 29.1 Å². The molecular weight excluding hydrogens is 1370 g/mol. The first kappa shape index (κ1) is 85.8. The zero-order valence-corrected chi connectivity index (χ0v) is 53.7. The van der Waals surface area contributed by atoms with Crippen molar-refractivity contribution in [2.24, 2.45) is 17.2 Å². The third-order valence-corrected chi connectivity index (χ3v) is 15.2. The fourth-order valence-corrected chi connectivity index (χ4v) is 9.94. The Morgan fingerprint density at radius 1 is 0.732 bits per heavy atom. The fraction of sp³-hybridized carbons (Fsp3) is 0.439. The van der Waals surface area contributed by atoms with Crippen LogP contribution in [0.3, 0.4) is 0 Å². The zero-order chi connectivity index (χ0) is 74.7. The Hall–Kier alpha value is -9.20. The molecule has 97 heavy (non-hydrogen) atoms. The van der Waals surface area contributed by atoms with Gasteiger partial charge in [0.25, 0.3) is 5.91 Å². The number of benzene rings is 3. The Labute approximate surface area is 552 Å². The summed E-state index contributed by atoms with van der Waals surface area (Å²) in [6.45, 7) is 12.1. The summed E-state index contributed by atoms with van der Waals surface area (Å²) in [5, 5.41) is 48.4. The van der Waals surface area contributed by atoms with Gasteiger partial charge in [0.2, 0.25) is 23.6 Å². The number of carbonyl (C=O) groups excluding carboxylic acids is 5. The topological polar surface area (TPSA) is 432 Å². The second-order valence-electron chi connectivity index (χ2n) is 20.7. The number of alkyl halides is 12. The van der Waals surface area contributed by atoms with E-state index in [1.165, 1.54) is 30.6 Å². The van der Waals surface area contributed by atoms with Crippen LogP contribution in [0, 0.1) is 25.2 Å². The highest BCUT2D eigenvalue weighted by atomic mass is 33.1. The van der Waals surface area contributed by atoms with E-state index < -0.39 is 102 Å². The highest BCUT2D eigenvalue weighted by molar-refractivity contribution is 8.76. The first-order valence-electron chi connectivity index (χ1n) is 27.6. The van der Waals surface area contributed by atoms with E-state index in [-0.39, 0.29) is 62.5 Å². The number of likely N-dealkylation sites (N-methyl/N-ethyl adjacent to an activating group) is 1. The Bertz CT molecular complexity index is 3350. The van der Waals surface area contributed by atoms with Crippen molar-refractivity contribution < 1.29 is 126 Å². The number of hydrogen-bond acceptors (Lipinski definition) is 19. The van der Waals surface area contributed by atoms with Gasteiger partial charge in [0, 0.05) is 59.9 Å². The molecule has 0 fully saturated rings. The number of halogens is 12. The van der Waals surface area contributed by atoms with E-state index in [1.54, 1.807) is 54.1 Å². The van der Waals surface area contributed by atoms with Crippen molar-refractivity contribution in [1.29, 1.82) is 5.26 Å². The molecule has 0 spiro atoms. The minimum Gasteiger partial charge on any atom is -0.492 e. The molecule has 0 aliphatic carbocycles. The molecule has 4 aromatic rings. The highest BCUT2D eigenvalue weighted by Crippen LogP contribution is 2.41. The molecule has 4 bridgehead atoms. The molecule has 3 aromatic carbocycles. The molecule has 0 saturated carbocycles. The summed E-state index contributed by atoms with van der Waals surface area (Å²) in [5.41, 5.74) is 23.2. The average Bonchev–Trinajstić information content (AvgIpc) is 0.789. The first-order chi connectivity index (χ1) is 44.7. The quantitative estimate of drug-likeness (QED) is 0.0302. The van der Waals surface area contributed by atoms with Gasteiger partial charge in [0.05, 0.1) is 17.3 Å². The molecule has 1 aliphatic rings. The van der Waals surface area contributed by atoms with E-state index in [4.69, 9.17) is 66.3 Å². The zero-order valence-electron chi connectivity index (χ0n) is 52.1. The average molecular weight is 1440 g/mol. The summed E-state index contributed by atoms with van der Waals surface area (Å²) in [5.74, 6) is -12.3. The lowest BCUT2D eigenvalue weighted by Crippen LogP contribution is -2.56. The van der Waals surface area contributed by atoms with Crippen LogP contribution in [0.5, 0.6) is 11.5 Å². The lowest BCUT2D eigenvalue weighted by Gasteiger charge is -2.32. The van der Waals surface area contributed by atoms with Gasteiger partial charge in [-0.2, -0.15) is 57.9 Å². The van der Waals surface area contributed by atoms with Crippen molar-refractivity contribution in [3.63, 3.8) is 0 Å². The monoisotopic (exact) mass is 1440 g/mol.